The summed E-state index contributed by atoms with van der Waals surface area (Å²) >= 11 is 0. The van der Waals surface area contributed by atoms with Crippen molar-refractivity contribution < 1.29 is 9.63 Å². The summed E-state index contributed by atoms with van der Waals surface area (Å²) in [6.45, 7) is 3.83. The Morgan fingerprint density at radius 2 is 1.62 bits per heavy atom. The molecule has 1 aliphatic heterocycles. The molecule has 3 atom stereocenters. The minimum Gasteiger partial charge on any atom is -0.541 e. The molecule has 0 radical (unpaired) electrons. The smallest absolute Gasteiger partial charge is 0.0666 e. The number of anilines is 1. The van der Waals surface area contributed by atoms with Crippen LogP contribution in [0.25, 0.3) is 0 Å². The summed E-state index contributed by atoms with van der Waals surface area (Å²) in [5.74, 6) is 0. The molecule has 0 aliphatic carbocycles. The second kappa shape index (κ2) is 5.34. The van der Waals surface area contributed by atoms with Crippen molar-refractivity contribution in [2.75, 3.05) is 5.06 Å². The Labute approximate surface area is 125 Å². The maximum absolute atomic E-state index is 11.7. The normalized spacial score (nSPS) is 28.6. The predicted octanol–water partition coefficient (Wildman–Crippen LogP) is 3.68. The third kappa shape index (κ3) is 2.24. The quantitative estimate of drug-likeness (QED) is 0.803. The molecule has 3 nitrogen and oxygen atoms in total. The van der Waals surface area contributed by atoms with Crippen LogP contribution in [0, 0.1) is 5.41 Å². The largest absolute Gasteiger partial charge is 0.541 e. The fraction of sp³-hybridized carbons (Fsp3) is 0.278. The van der Waals surface area contributed by atoms with E-state index in [1.807, 2.05) is 79.6 Å². The van der Waals surface area contributed by atoms with Gasteiger partial charge < -0.3 is 4.79 Å². The summed E-state index contributed by atoms with van der Waals surface area (Å²) in [7, 11) is 0. The standard InChI is InChI=1S/C18H18NO2/c1-14-18(2,13-20)17(15-9-5-3-6-10-15)19(21-14)16-11-7-4-8-12-16/h3-12,14,17H,1-2H3/q-1/t14-,17+,18-/m0/s1. The molecule has 1 heterocycles. The molecule has 1 fully saturated rings. The molecule has 2 aromatic rings. The molecule has 0 saturated carbocycles. The van der Waals surface area contributed by atoms with Crippen molar-refractivity contribution in [3.8, 4) is 0 Å². The van der Waals surface area contributed by atoms with E-state index in [-0.39, 0.29) is 12.1 Å². The van der Waals surface area contributed by atoms with E-state index in [1.165, 1.54) is 0 Å². The second-order valence-corrected chi connectivity index (χ2v) is 5.61. The maximum Gasteiger partial charge on any atom is 0.0666 e. The van der Waals surface area contributed by atoms with Crippen LogP contribution in [0.2, 0.25) is 0 Å². The lowest BCUT2D eigenvalue weighted by molar-refractivity contribution is 0.0745. The van der Waals surface area contributed by atoms with Gasteiger partial charge in [-0.1, -0.05) is 60.9 Å². The molecule has 0 N–H and O–H groups in total. The molecule has 1 aliphatic rings. The number of para-hydroxylation sites is 1. The average Bonchev–Trinajstić information content (AvgIpc) is 2.81. The van der Waals surface area contributed by atoms with Gasteiger partial charge in [-0.05, 0) is 24.6 Å². The average molecular weight is 280 g/mol. The van der Waals surface area contributed by atoms with Gasteiger partial charge in [-0.3, -0.25) is 11.1 Å². The topological polar surface area (TPSA) is 29.5 Å². The molecule has 2 aromatic carbocycles. The molecule has 21 heavy (non-hydrogen) atoms. The Kier molecular flexibility index (Phi) is 3.52. The van der Waals surface area contributed by atoms with Crippen molar-refractivity contribution in [3.05, 3.63) is 66.2 Å². The van der Waals surface area contributed by atoms with Crippen molar-refractivity contribution in [1.29, 1.82) is 0 Å². The molecule has 108 valence electrons. The fourth-order valence-electron chi connectivity index (χ4n) is 2.85. The highest BCUT2D eigenvalue weighted by Gasteiger charge is 2.45. The van der Waals surface area contributed by atoms with E-state index in [4.69, 9.17) is 4.84 Å². The number of hydrogen-bond donors (Lipinski definition) is 0. The first-order valence-electron chi connectivity index (χ1n) is 7.12. The third-order valence-electron chi connectivity index (χ3n) is 4.26. The number of carbonyl (C=O) groups excluding carboxylic acids is 1. The van der Waals surface area contributed by atoms with Gasteiger partial charge in [0.05, 0.1) is 17.8 Å². The monoisotopic (exact) mass is 280 g/mol. The van der Waals surface area contributed by atoms with E-state index in [1.54, 1.807) is 0 Å². The number of benzene rings is 2. The lowest BCUT2D eigenvalue weighted by atomic mass is 9.77. The van der Waals surface area contributed by atoms with Gasteiger partial charge in [0.15, 0.2) is 0 Å². The molecule has 3 rings (SSSR count). The van der Waals surface area contributed by atoms with Gasteiger partial charge in [-0.15, -0.1) is 0 Å². The van der Waals surface area contributed by atoms with Crippen LogP contribution < -0.4 is 5.06 Å². The Morgan fingerprint density at radius 3 is 2.19 bits per heavy atom. The SMILES string of the molecule is C[C@@H]1ON(c2ccccc2)[C@H](c2ccccc2)[C@@]1(C)[C-]=O. The third-order valence-corrected chi connectivity index (χ3v) is 4.26. The van der Waals surface area contributed by atoms with Gasteiger partial charge in [-0.25, -0.2) is 5.06 Å². The van der Waals surface area contributed by atoms with Gasteiger partial charge in [-0.2, -0.15) is 0 Å². The van der Waals surface area contributed by atoms with Crippen LogP contribution in [0.1, 0.15) is 25.5 Å². The summed E-state index contributed by atoms with van der Waals surface area (Å²) < 4.78 is 0. The number of rotatable bonds is 3. The van der Waals surface area contributed by atoms with Gasteiger partial charge in [0.25, 0.3) is 0 Å². The number of hydroxylamine groups is 1. The maximum atomic E-state index is 11.7. The zero-order valence-electron chi connectivity index (χ0n) is 12.2. The minimum atomic E-state index is -0.711. The lowest BCUT2D eigenvalue weighted by Crippen LogP contribution is -2.34. The highest BCUT2D eigenvalue weighted by molar-refractivity contribution is 5.66. The van der Waals surface area contributed by atoms with E-state index >= 15 is 0 Å². The number of hydrogen-bond acceptors (Lipinski definition) is 3. The highest BCUT2D eigenvalue weighted by atomic mass is 16.7. The van der Waals surface area contributed by atoms with Gasteiger partial charge in [0, 0.05) is 0 Å². The first kappa shape index (κ1) is 13.8. The molecule has 0 bridgehead atoms. The van der Waals surface area contributed by atoms with E-state index < -0.39 is 5.41 Å². The van der Waals surface area contributed by atoms with Crippen LogP contribution in [0.15, 0.2) is 60.7 Å². The molecular formula is C18H18NO2-. The zero-order chi connectivity index (χ0) is 14.9. The van der Waals surface area contributed by atoms with E-state index in [9.17, 15) is 4.79 Å². The van der Waals surface area contributed by atoms with Crippen LogP contribution in [0.4, 0.5) is 5.69 Å². The first-order valence-corrected chi connectivity index (χ1v) is 7.12. The predicted molar refractivity (Wildman–Crippen MR) is 82.5 cm³/mol. The molecule has 1 saturated heterocycles. The van der Waals surface area contributed by atoms with Crippen LogP contribution in [0.3, 0.4) is 0 Å². The van der Waals surface area contributed by atoms with Gasteiger partial charge >= 0.3 is 0 Å². The van der Waals surface area contributed by atoms with Crippen molar-refractivity contribution in [2.45, 2.75) is 26.0 Å². The van der Waals surface area contributed by atoms with Crippen LogP contribution in [-0.2, 0) is 9.63 Å². The molecule has 3 heteroatoms. The van der Waals surface area contributed by atoms with Crippen LogP contribution >= 0.6 is 0 Å². The minimum absolute atomic E-state index is 0.186. The molecule has 0 amide bonds. The summed E-state index contributed by atoms with van der Waals surface area (Å²) in [6, 6.07) is 19.7. The van der Waals surface area contributed by atoms with Crippen molar-refractivity contribution in [2.24, 2.45) is 5.41 Å². The molecule has 0 aromatic heterocycles. The molecule has 0 unspecified atom stereocenters. The number of nitrogens with zero attached hydrogens (tertiary/aromatic N) is 1. The highest BCUT2D eigenvalue weighted by Crippen LogP contribution is 2.49. The summed E-state index contributed by atoms with van der Waals surface area (Å²) in [5.41, 5.74) is 1.28. The first-order chi connectivity index (χ1) is 10.2. The van der Waals surface area contributed by atoms with Gasteiger partial charge in [0.1, 0.15) is 0 Å². The zero-order valence-corrected chi connectivity index (χ0v) is 12.2. The van der Waals surface area contributed by atoms with Crippen LogP contribution in [0.5, 0.6) is 0 Å². The van der Waals surface area contributed by atoms with E-state index in [0.29, 0.717) is 0 Å². The van der Waals surface area contributed by atoms with Crippen molar-refractivity contribution in [1.82, 2.24) is 0 Å². The Balaban J connectivity index is 2.10. The molecular weight excluding hydrogens is 262 g/mol. The summed E-state index contributed by atoms with van der Waals surface area (Å²) in [6.07, 6.45) is 1.99. The molecule has 0 spiro atoms. The Morgan fingerprint density at radius 1 is 1.05 bits per heavy atom. The second-order valence-electron chi connectivity index (χ2n) is 5.61. The fourth-order valence-corrected chi connectivity index (χ4v) is 2.85. The van der Waals surface area contributed by atoms with Crippen molar-refractivity contribution >= 4 is 12.0 Å². The Bertz CT molecular complexity index is 614. The van der Waals surface area contributed by atoms with E-state index in [2.05, 4.69) is 6.29 Å². The van der Waals surface area contributed by atoms with Crippen LogP contribution in [-0.4, -0.2) is 12.4 Å². The lowest BCUT2D eigenvalue weighted by Gasteiger charge is -2.38. The van der Waals surface area contributed by atoms with E-state index in [0.717, 1.165) is 11.3 Å². The van der Waals surface area contributed by atoms with Gasteiger partial charge in [0.2, 0.25) is 0 Å². The Hall–Kier alpha value is -2.13. The summed E-state index contributed by atoms with van der Waals surface area (Å²) in [4.78, 5) is 17.7. The summed E-state index contributed by atoms with van der Waals surface area (Å²) in [5, 5.41) is 1.84. The van der Waals surface area contributed by atoms with Crippen molar-refractivity contribution in [3.63, 3.8) is 0 Å².